The Morgan fingerprint density at radius 3 is 2.41 bits per heavy atom. The number of carboxylic acid groups (broad SMARTS) is 1. The highest BCUT2D eigenvalue weighted by Crippen LogP contribution is 2.38. The minimum atomic E-state index is -1.09. The van der Waals surface area contributed by atoms with Crippen molar-refractivity contribution in [2.24, 2.45) is 0 Å². The van der Waals surface area contributed by atoms with Crippen LogP contribution in [0.5, 0.6) is 5.75 Å². The lowest BCUT2D eigenvalue weighted by Crippen LogP contribution is -2.45. The van der Waals surface area contributed by atoms with E-state index in [9.17, 15) is 19.5 Å². The summed E-state index contributed by atoms with van der Waals surface area (Å²) in [5, 5.41) is 9.83. The van der Waals surface area contributed by atoms with Gasteiger partial charge in [0.25, 0.3) is 5.91 Å². The predicted molar refractivity (Wildman–Crippen MR) is 119 cm³/mol. The van der Waals surface area contributed by atoms with Gasteiger partial charge >= 0.3 is 11.9 Å². The number of fused-ring (bicyclic) bond motifs is 1. The van der Waals surface area contributed by atoms with E-state index in [-0.39, 0.29) is 17.9 Å². The monoisotopic (exact) mass is 440 g/mol. The van der Waals surface area contributed by atoms with Crippen LogP contribution in [0, 0.1) is 0 Å². The van der Waals surface area contributed by atoms with Crippen molar-refractivity contribution in [1.29, 1.82) is 0 Å². The van der Waals surface area contributed by atoms with E-state index >= 15 is 0 Å². The molecule has 1 heterocycles. The molecule has 0 fully saturated rings. The maximum Gasteiger partial charge on any atom is 0.336 e. The molecular formula is C24H28N2O6. The van der Waals surface area contributed by atoms with Crippen molar-refractivity contribution in [2.45, 2.75) is 25.4 Å². The number of carbonyl (C=O) groups is 3. The lowest BCUT2D eigenvalue weighted by molar-refractivity contribution is -0.154. The molecule has 2 atom stereocenters. The first-order valence-electron chi connectivity index (χ1n) is 10.4. The number of ether oxygens (including phenoxy) is 2. The fourth-order valence-electron chi connectivity index (χ4n) is 4.00. The summed E-state index contributed by atoms with van der Waals surface area (Å²) >= 11 is 0. The van der Waals surface area contributed by atoms with Gasteiger partial charge in [0.1, 0.15) is 5.75 Å². The Bertz CT molecular complexity index is 1000. The minimum Gasteiger partial charge on any atom is -0.497 e. The highest BCUT2D eigenvalue weighted by atomic mass is 16.5. The number of carbonyl (C=O) groups excluding carboxylic acids is 2. The fraction of sp³-hybridized carbons (Fsp3) is 0.375. The quantitative estimate of drug-likeness (QED) is 0.661. The van der Waals surface area contributed by atoms with Crippen LogP contribution in [0.4, 0.5) is 5.69 Å². The third kappa shape index (κ3) is 4.91. The van der Waals surface area contributed by atoms with Crippen molar-refractivity contribution in [3.8, 4) is 5.75 Å². The normalized spacial score (nSPS) is 18.2. The predicted octanol–water partition coefficient (Wildman–Crippen LogP) is 2.56. The van der Waals surface area contributed by atoms with Crippen LogP contribution < -0.4 is 9.64 Å². The van der Waals surface area contributed by atoms with Gasteiger partial charge in [-0.05, 0) is 55.9 Å². The van der Waals surface area contributed by atoms with E-state index in [1.165, 1.54) is 13.0 Å². The minimum absolute atomic E-state index is 0.132. The number of likely N-dealkylation sites (N-methyl/N-ethyl adjacent to an activating group) is 1. The average molecular weight is 440 g/mol. The number of aromatic carboxylic acids is 1. The zero-order valence-electron chi connectivity index (χ0n) is 18.7. The molecule has 1 aliphatic rings. The van der Waals surface area contributed by atoms with Crippen LogP contribution in [0.2, 0.25) is 0 Å². The van der Waals surface area contributed by atoms with Gasteiger partial charge in [0, 0.05) is 31.6 Å². The largest absolute Gasteiger partial charge is 0.497 e. The maximum absolute atomic E-state index is 13.7. The smallest absolute Gasteiger partial charge is 0.336 e. The Kier molecular flexibility index (Phi) is 7.15. The highest BCUT2D eigenvalue weighted by molar-refractivity contribution is 6.02. The van der Waals surface area contributed by atoms with Crippen LogP contribution in [-0.2, 0) is 20.7 Å². The molecule has 3 rings (SSSR count). The topological polar surface area (TPSA) is 96.4 Å². The number of anilines is 1. The van der Waals surface area contributed by atoms with Crippen molar-refractivity contribution in [3.05, 3.63) is 59.2 Å². The molecule has 0 bridgehead atoms. The number of hydrogen-bond acceptors (Lipinski definition) is 6. The number of nitrogens with zero attached hydrogens (tertiary/aromatic N) is 2. The number of carboxylic acids is 1. The summed E-state index contributed by atoms with van der Waals surface area (Å²) in [6.45, 7) is 2.15. The summed E-state index contributed by atoms with van der Waals surface area (Å²) in [5.74, 6) is -1.91. The zero-order valence-corrected chi connectivity index (χ0v) is 18.7. The molecule has 0 aliphatic carbocycles. The summed E-state index contributed by atoms with van der Waals surface area (Å²) in [4.78, 5) is 41.1. The number of amides is 1. The van der Waals surface area contributed by atoms with Gasteiger partial charge in [0.2, 0.25) is 0 Å². The molecule has 2 aromatic carbocycles. The molecule has 170 valence electrons. The van der Waals surface area contributed by atoms with Gasteiger partial charge in [0.05, 0.1) is 12.7 Å². The summed E-state index contributed by atoms with van der Waals surface area (Å²) in [6, 6.07) is 12.1. The number of hydrogen-bond donors (Lipinski definition) is 1. The molecule has 8 heteroatoms. The van der Waals surface area contributed by atoms with E-state index in [0.29, 0.717) is 30.1 Å². The Labute approximate surface area is 187 Å². The Balaban J connectivity index is 2.18. The van der Waals surface area contributed by atoms with Gasteiger partial charge in [-0.3, -0.25) is 9.59 Å². The van der Waals surface area contributed by atoms with Crippen LogP contribution in [-0.4, -0.2) is 68.3 Å². The lowest BCUT2D eigenvalue weighted by Gasteiger charge is -2.29. The van der Waals surface area contributed by atoms with Gasteiger partial charge < -0.3 is 24.4 Å². The van der Waals surface area contributed by atoms with Crippen molar-refractivity contribution in [1.82, 2.24) is 4.90 Å². The SMILES string of the molecule is COc1ccc([C@@H]2Cc3c(C(=O)O)cccc3N(CCN(C)C)C(=O)[C@@H]2OC(C)=O)cc1. The third-order valence-corrected chi connectivity index (χ3v) is 5.58. The Hall–Kier alpha value is -3.39. The van der Waals surface area contributed by atoms with Crippen molar-refractivity contribution >= 4 is 23.5 Å². The summed E-state index contributed by atoms with van der Waals surface area (Å²) in [6.07, 6.45) is -0.858. The van der Waals surface area contributed by atoms with E-state index in [1.807, 2.05) is 31.1 Å². The van der Waals surface area contributed by atoms with E-state index in [0.717, 1.165) is 5.56 Å². The summed E-state index contributed by atoms with van der Waals surface area (Å²) in [7, 11) is 5.34. The molecule has 0 saturated heterocycles. The maximum atomic E-state index is 13.7. The molecule has 1 aliphatic heterocycles. The molecule has 32 heavy (non-hydrogen) atoms. The van der Waals surface area contributed by atoms with Gasteiger partial charge in [-0.25, -0.2) is 4.79 Å². The number of benzene rings is 2. The second-order valence-electron chi connectivity index (χ2n) is 8.02. The van der Waals surface area contributed by atoms with Crippen molar-refractivity contribution < 1.29 is 29.0 Å². The zero-order chi connectivity index (χ0) is 23.4. The van der Waals surface area contributed by atoms with Crippen molar-refractivity contribution in [3.63, 3.8) is 0 Å². The molecule has 2 aromatic rings. The average Bonchev–Trinajstić information content (AvgIpc) is 2.86. The number of methoxy groups -OCH3 is 1. The second-order valence-corrected chi connectivity index (χ2v) is 8.02. The Morgan fingerprint density at radius 2 is 1.84 bits per heavy atom. The van der Waals surface area contributed by atoms with Gasteiger partial charge in [-0.15, -0.1) is 0 Å². The van der Waals surface area contributed by atoms with Crippen LogP contribution in [0.25, 0.3) is 0 Å². The van der Waals surface area contributed by atoms with E-state index < -0.39 is 24.0 Å². The van der Waals surface area contributed by atoms with Crippen LogP contribution >= 0.6 is 0 Å². The second kappa shape index (κ2) is 9.82. The molecule has 0 spiro atoms. The molecule has 0 saturated carbocycles. The molecule has 8 nitrogen and oxygen atoms in total. The summed E-state index contributed by atoms with van der Waals surface area (Å²) < 4.78 is 10.8. The van der Waals surface area contributed by atoms with Crippen LogP contribution in [0.1, 0.15) is 34.3 Å². The molecule has 0 radical (unpaired) electrons. The molecule has 0 aromatic heterocycles. The fourth-order valence-corrected chi connectivity index (χ4v) is 4.00. The lowest BCUT2D eigenvalue weighted by atomic mass is 9.86. The van der Waals surface area contributed by atoms with Crippen molar-refractivity contribution in [2.75, 3.05) is 39.2 Å². The van der Waals surface area contributed by atoms with E-state index in [2.05, 4.69) is 0 Å². The highest BCUT2D eigenvalue weighted by Gasteiger charge is 2.41. The first kappa shape index (κ1) is 23.3. The molecule has 1 N–H and O–H groups in total. The van der Waals surface area contributed by atoms with Gasteiger partial charge in [0.15, 0.2) is 6.10 Å². The van der Waals surface area contributed by atoms with Crippen LogP contribution in [0.3, 0.4) is 0 Å². The summed E-state index contributed by atoms with van der Waals surface area (Å²) in [5.41, 5.74) is 1.96. The van der Waals surface area contributed by atoms with E-state index in [4.69, 9.17) is 9.47 Å². The van der Waals surface area contributed by atoms with Crippen LogP contribution in [0.15, 0.2) is 42.5 Å². The molecular weight excluding hydrogens is 412 g/mol. The number of esters is 1. The van der Waals surface area contributed by atoms with E-state index in [1.54, 1.807) is 36.3 Å². The number of rotatable bonds is 7. The molecule has 0 unspecified atom stereocenters. The first-order valence-corrected chi connectivity index (χ1v) is 10.4. The standard InChI is InChI=1S/C24H28N2O6/c1-15(27)32-22-19(16-8-10-17(31-4)11-9-16)14-20-18(24(29)30)6-5-7-21(20)26(23(22)28)13-12-25(2)3/h5-11,19,22H,12-14H2,1-4H3,(H,29,30)/t19-,22+/m0/s1. The first-order chi connectivity index (χ1) is 15.2. The van der Waals surface area contributed by atoms with Gasteiger partial charge in [-0.1, -0.05) is 18.2 Å². The van der Waals surface area contributed by atoms with Gasteiger partial charge in [-0.2, -0.15) is 0 Å². The molecule has 1 amide bonds. The third-order valence-electron chi connectivity index (χ3n) is 5.58. The Morgan fingerprint density at radius 1 is 1.16 bits per heavy atom.